The summed E-state index contributed by atoms with van der Waals surface area (Å²) in [5.41, 5.74) is 1.90. The predicted molar refractivity (Wildman–Crippen MR) is 108 cm³/mol. The molecule has 6 nitrogen and oxygen atoms in total. The van der Waals surface area contributed by atoms with Crippen molar-refractivity contribution in [3.8, 4) is 5.75 Å². The lowest BCUT2D eigenvalue weighted by Gasteiger charge is -2.14. The topological polar surface area (TPSA) is 88.5 Å². The van der Waals surface area contributed by atoms with E-state index in [0.29, 0.717) is 19.4 Å². The van der Waals surface area contributed by atoms with Gasteiger partial charge in [-0.05, 0) is 48.5 Å². The van der Waals surface area contributed by atoms with E-state index in [0.717, 1.165) is 34.0 Å². The molecule has 1 aromatic heterocycles. The van der Waals surface area contributed by atoms with Crippen LogP contribution in [0.15, 0.2) is 42.6 Å². The summed E-state index contributed by atoms with van der Waals surface area (Å²) in [7, 11) is -2.31. The minimum Gasteiger partial charge on any atom is -0.493 e. The Hall–Kier alpha value is -2.16. The van der Waals surface area contributed by atoms with Crippen molar-refractivity contribution in [2.45, 2.75) is 31.2 Å². The molecule has 0 saturated carbocycles. The fourth-order valence-electron chi connectivity index (χ4n) is 2.67. The number of imide groups is 1. The average Bonchev–Trinajstić information content (AvgIpc) is 2.93. The van der Waals surface area contributed by atoms with Crippen LogP contribution in [0.5, 0.6) is 5.75 Å². The van der Waals surface area contributed by atoms with Crippen LogP contribution in [0.4, 0.5) is 4.79 Å². The number of rotatable bonds is 7. The van der Waals surface area contributed by atoms with Gasteiger partial charge in [-0.2, -0.15) is 0 Å². The zero-order valence-corrected chi connectivity index (χ0v) is 17.1. The molecule has 1 aromatic carbocycles. The van der Waals surface area contributed by atoms with Crippen LogP contribution in [-0.4, -0.2) is 41.1 Å². The molecule has 3 rings (SSSR count). The van der Waals surface area contributed by atoms with Crippen molar-refractivity contribution in [1.29, 1.82) is 0 Å². The Morgan fingerprint density at radius 3 is 2.48 bits per heavy atom. The van der Waals surface area contributed by atoms with Gasteiger partial charge in [-0.1, -0.05) is 30.0 Å². The van der Waals surface area contributed by atoms with Gasteiger partial charge in [0.15, 0.2) is 0 Å². The van der Waals surface area contributed by atoms with Crippen molar-refractivity contribution >= 4 is 36.4 Å². The minimum absolute atomic E-state index is 0.226. The molecule has 0 radical (unpaired) electrons. The maximum Gasteiger partial charge on any atom is 0.286 e. The number of amides is 2. The normalized spacial score (nSPS) is 17.1. The van der Waals surface area contributed by atoms with Crippen LogP contribution in [0.1, 0.15) is 11.3 Å². The molecule has 2 heterocycles. The molecule has 2 aromatic rings. The molecular weight excluding hydrogens is 380 g/mol. The molecule has 1 saturated heterocycles. The van der Waals surface area contributed by atoms with Crippen LogP contribution in [0.3, 0.4) is 0 Å². The number of aromatic nitrogens is 1. The minimum atomic E-state index is -2.31. The van der Waals surface area contributed by atoms with Crippen LogP contribution < -0.4 is 15.2 Å². The van der Waals surface area contributed by atoms with Gasteiger partial charge in [-0.3, -0.25) is 19.9 Å². The average molecular weight is 403 g/mol. The highest BCUT2D eigenvalue weighted by atomic mass is 32.2. The number of nitrogens with zero attached hydrogens (tertiary/aromatic N) is 1. The summed E-state index contributed by atoms with van der Waals surface area (Å²) in [4.78, 5) is 37.3. The zero-order chi connectivity index (χ0) is 19.4. The Labute approximate surface area is 163 Å². The third-order valence-electron chi connectivity index (χ3n) is 4.27. The van der Waals surface area contributed by atoms with E-state index >= 15 is 0 Å². The Bertz CT molecular complexity index is 819. The Balaban J connectivity index is 1.47. The van der Waals surface area contributed by atoms with Gasteiger partial charge in [0.25, 0.3) is 5.24 Å². The van der Waals surface area contributed by atoms with Crippen molar-refractivity contribution < 1.29 is 19.1 Å². The van der Waals surface area contributed by atoms with Crippen LogP contribution in [0.2, 0.25) is 13.1 Å². The van der Waals surface area contributed by atoms with Gasteiger partial charge >= 0.3 is 0 Å². The number of carbonyl (C=O) groups is 2. The van der Waals surface area contributed by atoms with E-state index in [1.165, 1.54) is 0 Å². The van der Waals surface area contributed by atoms with Crippen molar-refractivity contribution in [3.63, 3.8) is 0 Å². The van der Waals surface area contributed by atoms with Crippen molar-refractivity contribution in [2.24, 2.45) is 0 Å². The molecule has 0 bridgehead atoms. The molecule has 0 spiro atoms. The first-order valence-electron chi connectivity index (χ1n) is 8.72. The monoisotopic (exact) mass is 402 g/mol. The lowest BCUT2D eigenvalue weighted by Crippen LogP contribution is -2.41. The molecule has 1 fully saturated rings. The van der Waals surface area contributed by atoms with E-state index in [2.05, 4.69) is 10.3 Å². The van der Waals surface area contributed by atoms with Crippen LogP contribution >= 0.6 is 11.8 Å². The van der Waals surface area contributed by atoms with Crippen LogP contribution in [0, 0.1) is 0 Å². The SMILES string of the molecule is C[Si](C)(O)c1ccc(CCOc2ccc(CC3SC(=O)NC3=O)cc2)nc1. The maximum atomic E-state index is 11.6. The summed E-state index contributed by atoms with van der Waals surface area (Å²) in [5.74, 6) is 0.523. The fraction of sp³-hybridized carbons (Fsp3) is 0.316. The number of benzene rings is 1. The molecule has 1 unspecified atom stereocenters. The molecule has 0 aliphatic carbocycles. The number of nitrogens with one attached hydrogen (secondary N) is 1. The lowest BCUT2D eigenvalue weighted by molar-refractivity contribution is -0.118. The van der Waals surface area contributed by atoms with Crippen molar-refractivity contribution in [3.05, 3.63) is 53.9 Å². The van der Waals surface area contributed by atoms with E-state index < -0.39 is 8.32 Å². The number of ether oxygens (including phenoxy) is 1. The lowest BCUT2D eigenvalue weighted by atomic mass is 10.1. The number of hydrogen-bond donors (Lipinski definition) is 2. The number of carbonyl (C=O) groups excluding carboxylic acids is 2. The second-order valence-corrected chi connectivity index (χ2v) is 11.8. The molecule has 1 atom stereocenters. The highest BCUT2D eigenvalue weighted by Gasteiger charge is 2.31. The van der Waals surface area contributed by atoms with Gasteiger partial charge in [0.05, 0.1) is 11.9 Å². The molecule has 2 N–H and O–H groups in total. The summed E-state index contributed by atoms with van der Waals surface area (Å²) in [5, 5.41) is 2.57. The van der Waals surface area contributed by atoms with Gasteiger partial charge in [0.1, 0.15) is 5.75 Å². The molecule has 8 heteroatoms. The largest absolute Gasteiger partial charge is 0.493 e. The van der Waals surface area contributed by atoms with E-state index in [-0.39, 0.29) is 16.4 Å². The number of hydrogen-bond acceptors (Lipinski definition) is 6. The second kappa shape index (κ2) is 8.24. The standard InChI is InChI=1S/C19H22N2O4SSi/c1-27(2,24)16-8-5-14(20-12-16)9-10-25-15-6-3-13(4-7-15)11-17-18(22)21-19(23)26-17/h3-8,12,17,24H,9-11H2,1-2H3,(H,21,22,23). The second-order valence-electron chi connectivity index (χ2n) is 6.93. The molecule has 2 amide bonds. The Morgan fingerprint density at radius 1 is 1.19 bits per heavy atom. The van der Waals surface area contributed by atoms with E-state index in [1.807, 2.05) is 49.5 Å². The van der Waals surface area contributed by atoms with Gasteiger partial charge in [0, 0.05) is 18.3 Å². The smallest absolute Gasteiger partial charge is 0.286 e. The Kier molecular flexibility index (Phi) is 5.98. The van der Waals surface area contributed by atoms with Gasteiger partial charge < -0.3 is 9.53 Å². The van der Waals surface area contributed by atoms with Gasteiger partial charge in [-0.15, -0.1) is 0 Å². The first-order valence-corrected chi connectivity index (χ1v) is 12.5. The maximum absolute atomic E-state index is 11.6. The molecule has 1 aliphatic rings. The predicted octanol–water partition coefficient (Wildman–Crippen LogP) is 2.00. The summed E-state index contributed by atoms with van der Waals surface area (Å²) < 4.78 is 5.75. The number of pyridine rings is 1. The van der Waals surface area contributed by atoms with Crippen molar-refractivity contribution in [2.75, 3.05) is 6.61 Å². The molecule has 1 aliphatic heterocycles. The zero-order valence-electron chi connectivity index (χ0n) is 15.3. The van der Waals surface area contributed by atoms with Crippen LogP contribution in [0.25, 0.3) is 0 Å². The first-order chi connectivity index (χ1) is 12.8. The van der Waals surface area contributed by atoms with Gasteiger partial charge in [-0.25, -0.2) is 0 Å². The quantitative estimate of drug-likeness (QED) is 0.689. The third-order valence-corrected chi connectivity index (χ3v) is 6.96. The van der Waals surface area contributed by atoms with Crippen LogP contribution in [-0.2, 0) is 17.6 Å². The summed E-state index contributed by atoms with van der Waals surface area (Å²) in [6.45, 7) is 4.24. The molecule has 142 valence electrons. The van der Waals surface area contributed by atoms with E-state index in [4.69, 9.17) is 4.74 Å². The highest BCUT2D eigenvalue weighted by Crippen LogP contribution is 2.23. The molecule has 27 heavy (non-hydrogen) atoms. The Morgan fingerprint density at radius 2 is 1.93 bits per heavy atom. The van der Waals surface area contributed by atoms with Gasteiger partial charge in [0.2, 0.25) is 14.2 Å². The molecular formula is C19H22N2O4SSi. The summed E-state index contributed by atoms with van der Waals surface area (Å²) >= 11 is 1.04. The summed E-state index contributed by atoms with van der Waals surface area (Å²) in [6.07, 6.45) is 2.94. The van der Waals surface area contributed by atoms with Crippen molar-refractivity contribution in [1.82, 2.24) is 10.3 Å². The fourth-order valence-corrected chi connectivity index (χ4v) is 4.40. The number of thioether (sulfide) groups is 1. The van der Waals surface area contributed by atoms with E-state index in [9.17, 15) is 14.4 Å². The third kappa shape index (κ3) is 5.41. The highest BCUT2D eigenvalue weighted by molar-refractivity contribution is 8.15. The first kappa shape index (κ1) is 19.6. The van der Waals surface area contributed by atoms with E-state index in [1.54, 1.807) is 6.20 Å². The summed E-state index contributed by atoms with van der Waals surface area (Å²) in [6, 6.07) is 11.4.